The predicted molar refractivity (Wildman–Crippen MR) is 57.7 cm³/mol. The minimum absolute atomic E-state index is 0.235. The molecule has 86 valence electrons. The van der Waals surface area contributed by atoms with E-state index in [-0.39, 0.29) is 17.7 Å². The van der Waals surface area contributed by atoms with Crippen molar-refractivity contribution in [3.8, 4) is 5.75 Å². The number of rotatable bonds is 2. The molecule has 1 aromatic rings. The van der Waals surface area contributed by atoms with Gasteiger partial charge in [0.1, 0.15) is 17.2 Å². The summed E-state index contributed by atoms with van der Waals surface area (Å²) in [5, 5.41) is 10.6. The maximum absolute atomic E-state index is 13.8. The van der Waals surface area contributed by atoms with Crippen molar-refractivity contribution in [2.24, 2.45) is 11.8 Å². The van der Waals surface area contributed by atoms with Gasteiger partial charge >= 0.3 is 0 Å². The molecule has 2 unspecified atom stereocenters. The molecule has 2 aliphatic rings. The Morgan fingerprint density at radius 3 is 2.69 bits per heavy atom. The second-order valence-corrected chi connectivity index (χ2v) is 4.79. The van der Waals surface area contributed by atoms with E-state index in [4.69, 9.17) is 4.74 Å². The van der Waals surface area contributed by atoms with E-state index in [0.717, 1.165) is 19.3 Å². The lowest BCUT2D eigenvalue weighted by Gasteiger charge is -2.18. The highest BCUT2D eigenvalue weighted by Crippen LogP contribution is 2.67. The van der Waals surface area contributed by atoms with Crippen molar-refractivity contribution in [3.05, 3.63) is 29.6 Å². The first-order chi connectivity index (χ1) is 7.69. The Labute approximate surface area is 94.0 Å². The molecule has 2 atom stereocenters. The fraction of sp³-hybridized carbons (Fsp3) is 0.538. The largest absolute Gasteiger partial charge is 0.496 e. The van der Waals surface area contributed by atoms with Crippen LogP contribution in [-0.2, 0) is 5.60 Å². The number of methoxy groups -OCH3 is 1. The Bertz CT molecular complexity index is 420. The van der Waals surface area contributed by atoms with E-state index in [9.17, 15) is 9.50 Å². The van der Waals surface area contributed by atoms with Gasteiger partial charge in [-0.1, -0.05) is 12.5 Å². The molecule has 2 aliphatic carbocycles. The van der Waals surface area contributed by atoms with E-state index >= 15 is 0 Å². The fourth-order valence-electron chi connectivity index (χ4n) is 3.36. The molecule has 0 aromatic heterocycles. The van der Waals surface area contributed by atoms with E-state index in [1.54, 1.807) is 12.1 Å². The minimum atomic E-state index is -0.963. The third-order valence-corrected chi connectivity index (χ3v) is 4.13. The standard InChI is InChI=1S/C13H15FO2/c1-16-11-7-3-6-10(14)12(11)13(15)8-4-2-5-9(8)13/h3,6-9,15H,2,4-5H2,1H3. The van der Waals surface area contributed by atoms with Crippen molar-refractivity contribution >= 4 is 0 Å². The number of hydrogen-bond donors (Lipinski definition) is 1. The van der Waals surface area contributed by atoms with Crippen LogP contribution in [0.3, 0.4) is 0 Å². The molecule has 1 aromatic carbocycles. The third kappa shape index (κ3) is 1.09. The van der Waals surface area contributed by atoms with Gasteiger partial charge < -0.3 is 9.84 Å². The lowest BCUT2D eigenvalue weighted by atomic mass is 9.97. The van der Waals surface area contributed by atoms with Gasteiger partial charge in [-0.3, -0.25) is 0 Å². The zero-order valence-electron chi connectivity index (χ0n) is 9.24. The number of halogens is 1. The van der Waals surface area contributed by atoms with Gasteiger partial charge in [0.2, 0.25) is 0 Å². The summed E-state index contributed by atoms with van der Waals surface area (Å²) in [6.07, 6.45) is 3.14. The summed E-state index contributed by atoms with van der Waals surface area (Å²) in [7, 11) is 1.51. The van der Waals surface area contributed by atoms with Gasteiger partial charge in [-0.05, 0) is 36.8 Å². The van der Waals surface area contributed by atoms with Gasteiger partial charge in [0, 0.05) is 0 Å². The zero-order chi connectivity index (χ0) is 11.3. The van der Waals surface area contributed by atoms with Crippen LogP contribution in [0.4, 0.5) is 4.39 Å². The van der Waals surface area contributed by atoms with Gasteiger partial charge in [0.15, 0.2) is 0 Å². The van der Waals surface area contributed by atoms with Crippen LogP contribution < -0.4 is 4.74 Å². The first kappa shape index (κ1) is 10.1. The van der Waals surface area contributed by atoms with Crippen molar-refractivity contribution in [1.82, 2.24) is 0 Å². The lowest BCUT2D eigenvalue weighted by Crippen LogP contribution is -2.16. The molecule has 2 saturated carbocycles. The van der Waals surface area contributed by atoms with Crippen LogP contribution in [0.1, 0.15) is 24.8 Å². The summed E-state index contributed by atoms with van der Waals surface area (Å²) < 4.78 is 19.0. The fourth-order valence-corrected chi connectivity index (χ4v) is 3.36. The summed E-state index contributed by atoms with van der Waals surface area (Å²) in [6, 6.07) is 4.72. The van der Waals surface area contributed by atoms with Crippen molar-refractivity contribution < 1.29 is 14.2 Å². The highest BCUT2D eigenvalue weighted by molar-refractivity contribution is 5.45. The Morgan fingerprint density at radius 1 is 1.38 bits per heavy atom. The molecular formula is C13H15FO2. The number of fused-ring (bicyclic) bond motifs is 1. The van der Waals surface area contributed by atoms with Gasteiger partial charge in [-0.2, -0.15) is 0 Å². The molecule has 0 amide bonds. The minimum Gasteiger partial charge on any atom is -0.496 e. The molecule has 0 radical (unpaired) electrons. The van der Waals surface area contributed by atoms with Crippen LogP contribution in [0.15, 0.2) is 18.2 Å². The SMILES string of the molecule is COc1cccc(F)c1C1(O)C2CCCC21. The molecular weight excluding hydrogens is 207 g/mol. The molecule has 0 aliphatic heterocycles. The summed E-state index contributed by atoms with van der Waals surface area (Å²) >= 11 is 0. The van der Waals surface area contributed by atoms with Crippen LogP contribution in [0, 0.1) is 17.7 Å². The van der Waals surface area contributed by atoms with Gasteiger partial charge in [0.25, 0.3) is 0 Å². The smallest absolute Gasteiger partial charge is 0.133 e. The summed E-state index contributed by atoms with van der Waals surface area (Å²) in [4.78, 5) is 0. The summed E-state index contributed by atoms with van der Waals surface area (Å²) in [5.41, 5.74) is -0.596. The van der Waals surface area contributed by atoms with Crippen molar-refractivity contribution in [2.45, 2.75) is 24.9 Å². The first-order valence-electron chi connectivity index (χ1n) is 5.75. The number of ether oxygens (including phenoxy) is 1. The highest BCUT2D eigenvalue weighted by Gasteiger charge is 2.68. The van der Waals surface area contributed by atoms with E-state index in [2.05, 4.69) is 0 Å². The van der Waals surface area contributed by atoms with E-state index in [1.807, 2.05) is 0 Å². The Balaban J connectivity index is 2.07. The lowest BCUT2D eigenvalue weighted by molar-refractivity contribution is 0.0978. The molecule has 16 heavy (non-hydrogen) atoms. The molecule has 2 nitrogen and oxygen atoms in total. The molecule has 3 heteroatoms. The van der Waals surface area contributed by atoms with Gasteiger partial charge in [-0.15, -0.1) is 0 Å². The van der Waals surface area contributed by atoms with E-state index < -0.39 is 5.60 Å². The average molecular weight is 222 g/mol. The van der Waals surface area contributed by atoms with Gasteiger partial charge in [-0.25, -0.2) is 4.39 Å². The second kappa shape index (κ2) is 3.20. The van der Waals surface area contributed by atoms with Crippen molar-refractivity contribution in [2.75, 3.05) is 7.11 Å². The Kier molecular flexibility index (Phi) is 2.02. The quantitative estimate of drug-likeness (QED) is 0.832. The first-order valence-corrected chi connectivity index (χ1v) is 5.75. The van der Waals surface area contributed by atoms with Crippen molar-refractivity contribution in [1.29, 1.82) is 0 Å². The van der Waals surface area contributed by atoms with E-state index in [1.165, 1.54) is 13.2 Å². The maximum Gasteiger partial charge on any atom is 0.133 e. The second-order valence-electron chi connectivity index (χ2n) is 4.79. The average Bonchev–Trinajstić information content (AvgIpc) is 2.70. The highest BCUT2D eigenvalue weighted by atomic mass is 19.1. The van der Waals surface area contributed by atoms with Crippen LogP contribution in [0.25, 0.3) is 0 Å². The Morgan fingerprint density at radius 2 is 2.06 bits per heavy atom. The Hall–Kier alpha value is -1.09. The number of benzene rings is 1. The molecule has 0 spiro atoms. The topological polar surface area (TPSA) is 29.5 Å². The number of hydrogen-bond acceptors (Lipinski definition) is 2. The molecule has 0 saturated heterocycles. The van der Waals surface area contributed by atoms with Crippen molar-refractivity contribution in [3.63, 3.8) is 0 Å². The number of aliphatic hydroxyl groups is 1. The van der Waals surface area contributed by atoms with Crippen LogP contribution >= 0.6 is 0 Å². The summed E-state index contributed by atoms with van der Waals surface area (Å²) in [6.45, 7) is 0. The molecule has 0 bridgehead atoms. The molecule has 2 fully saturated rings. The van der Waals surface area contributed by atoms with Crippen LogP contribution in [0.2, 0.25) is 0 Å². The molecule has 0 heterocycles. The predicted octanol–water partition coefficient (Wildman–Crippen LogP) is 2.45. The third-order valence-electron chi connectivity index (χ3n) is 4.13. The molecule has 3 rings (SSSR count). The maximum atomic E-state index is 13.8. The van der Waals surface area contributed by atoms with E-state index in [0.29, 0.717) is 11.3 Å². The van der Waals surface area contributed by atoms with Gasteiger partial charge in [0.05, 0.1) is 12.7 Å². The van der Waals surface area contributed by atoms with Crippen LogP contribution in [-0.4, -0.2) is 12.2 Å². The monoisotopic (exact) mass is 222 g/mol. The molecule has 1 N–H and O–H groups in total. The summed E-state index contributed by atoms with van der Waals surface area (Å²) in [5.74, 6) is 0.588. The normalized spacial score (nSPS) is 35.9. The zero-order valence-corrected chi connectivity index (χ0v) is 9.24. The van der Waals surface area contributed by atoms with Crippen LogP contribution in [0.5, 0.6) is 5.75 Å².